The molecule has 0 spiro atoms. The van der Waals surface area contributed by atoms with Gasteiger partial charge in [0.05, 0.1) is 27.8 Å². The maximum Gasteiger partial charge on any atom is 0.248 e. The lowest BCUT2D eigenvalue weighted by atomic mass is 10.1. The molecule has 3 rings (SSSR count). The minimum Gasteiger partial charge on any atom is -0.273 e. The number of thioether (sulfide) groups is 1. The average molecular weight is 408 g/mol. The summed E-state index contributed by atoms with van der Waals surface area (Å²) in [5.74, 6) is -0.618. The third-order valence-corrected chi connectivity index (χ3v) is 7.14. The van der Waals surface area contributed by atoms with Gasteiger partial charge in [-0.2, -0.15) is 0 Å². The van der Waals surface area contributed by atoms with Crippen LogP contribution in [0.25, 0.3) is 10.9 Å². The van der Waals surface area contributed by atoms with Gasteiger partial charge in [0, 0.05) is 11.8 Å². The van der Waals surface area contributed by atoms with Gasteiger partial charge in [0.1, 0.15) is 0 Å². The molecular weight excluding hydrogens is 386 g/mol. The molecule has 1 unspecified atom stereocenters. The molecule has 1 saturated heterocycles. The Bertz CT molecular complexity index is 976. The number of rotatable bonds is 5. The molecule has 1 aliphatic rings. The fraction of sp³-hybridized carbons (Fsp3) is 0.389. The van der Waals surface area contributed by atoms with Gasteiger partial charge in [-0.25, -0.2) is 13.4 Å². The van der Waals surface area contributed by atoms with E-state index in [0.29, 0.717) is 6.42 Å². The fourth-order valence-electron chi connectivity index (χ4n) is 3.05. The van der Waals surface area contributed by atoms with Gasteiger partial charge < -0.3 is 0 Å². The summed E-state index contributed by atoms with van der Waals surface area (Å²) in [7, 11) is -3.01. The molecule has 0 aliphatic carbocycles. The Kier molecular flexibility index (Phi) is 6.01. The van der Waals surface area contributed by atoms with E-state index >= 15 is 0 Å². The highest BCUT2D eigenvalue weighted by Crippen LogP contribution is 2.23. The van der Waals surface area contributed by atoms with E-state index in [0.717, 1.165) is 21.5 Å². The standard InChI is InChI=1S/C18H21N3O4S2/c1-12-8-18(19-15-5-3-2-4-14(12)15)26-10-17(23)21-20-16(22)9-13-6-7-27(24,25)11-13/h2-5,8,13H,6-7,9-11H2,1H3,(H,20,22)(H,21,23). The second kappa shape index (κ2) is 8.26. The molecule has 0 saturated carbocycles. The van der Waals surface area contributed by atoms with Crippen molar-refractivity contribution >= 4 is 44.3 Å². The number of fused-ring (bicyclic) bond motifs is 1. The molecular formula is C18H21N3O4S2. The normalized spacial score (nSPS) is 18.3. The van der Waals surface area contributed by atoms with Crippen LogP contribution in [0, 0.1) is 12.8 Å². The van der Waals surface area contributed by atoms with Crippen LogP contribution in [0.3, 0.4) is 0 Å². The van der Waals surface area contributed by atoms with Crippen molar-refractivity contribution in [2.24, 2.45) is 5.92 Å². The topological polar surface area (TPSA) is 105 Å². The maximum absolute atomic E-state index is 11.9. The van der Waals surface area contributed by atoms with Crippen LogP contribution in [0.4, 0.5) is 0 Å². The number of sulfone groups is 1. The predicted molar refractivity (Wildman–Crippen MR) is 105 cm³/mol. The van der Waals surface area contributed by atoms with Crippen LogP contribution in [0.2, 0.25) is 0 Å². The zero-order valence-electron chi connectivity index (χ0n) is 14.9. The highest BCUT2D eigenvalue weighted by molar-refractivity contribution is 7.99. The van der Waals surface area contributed by atoms with E-state index in [-0.39, 0.29) is 41.4 Å². The summed E-state index contributed by atoms with van der Waals surface area (Å²) in [4.78, 5) is 28.3. The van der Waals surface area contributed by atoms with Gasteiger partial charge in [-0.05, 0) is 37.0 Å². The van der Waals surface area contributed by atoms with E-state index < -0.39 is 9.84 Å². The number of carbonyl (C=O) groups excluding carboxylic acids is 2. The minimum absolute atomic E-state index is 0.0389. The molecule has 1 aromatic heterocycles. The lowest BCUT2D eigenvalue weighted by molar-refractivity contribution is -0.128. The third kappa shape index (κ3) is 5.43. The number of nitrogens with one attached hydrogen (secondary N) is 2. The van der Waals surface area contributed by atoms with Crippen LogP contribution >= 0.6 is 11.8 Å². The predicted octanol–water partition coefficient (Wildman–Crippen LogP) is 1.61. The third-order valence-electron chi connectivity index (χ3n) is 4.39. The molecule has 2 aromatic rings. The molecule has 2 amide bonds. The smallest absolute Gasteiger partial charge is 0.248 e. The Morgan fingerprint density at radius 2 is 1.96 bits per heavy atom. The summed E-state index contributed by atoms with van der Waals surface area (Å²) in [5.41, 5.74) is 6.67. The fourth-order valence-corrected chi connectivity index (χ4v) is 5.69. The largest absolute Gasteiger partial charge is 0.273 e. The van der Waals surface area contributed by atoms with Gasteiger partial charge >= 0.3 is 0 Å². The lowest BCUT2D eigenvalue weighted by Crippen LogP contribution is -2.43. The number of hydrogen-bond donors (Lipinski definition) is 2. The van der Waals surface area contributed by atoms with Crippen LogP contribution in [0.1, 0.15) is 18.4 Å². The Morgan fingerprint density at radius 3 is 2.70 bits per heavy atom. The highest BCUT2D eigenvalue weighted by atomic mass is 32.2. The Hall–Kier alpha value is -2.13. The zero-order valence-corrected chi connectivity index (χ0v) is 16.5. The Morgan fingerprint density at radius 1 is 1.22 bits per heavy atom. The van der Waals surface area contributed by atoms with Crippen molar-refractivity contribution < 1.29 is 18.0 Å². The molecule has 1 aromatic carbocycles. The first-order chi connectivity index (χ1) is 12.8. The number of para-hydroxylation sites is 1. The molecule has 9 heteroatoms. The van der Waals surface area contributed by atoms with Crippen molar-refractivity contribution in [3.05, 3.63) is 35.9 Å². The number of carbonyl (C=O) groups is 2. The van der Waals surface area contributed by atoms with Gasteiger partial charge in [-0.1, -0.05) is 30.0 Å². The van der Waals surface area contributed by atoms with Gasteiger partial charge in [0.25, 0.3) is 0 Å². The minimum atomic E-state index is -3.01. The van der Waals surface area contributed by atoms with E-state index in [1.165, 1.54) is 11.8 Å². The quantitative estimate of drug-likeness (QED) is 0.576. The molecule has 2 N–H and O–H groups in total. The first kappa shape index (κ1) is 19.6. The van der Waals surface area contributed by atoms with Crippen LogP contribution in [0.5, 0.6) is 0 Å². The van der Waals surface area contributed by atoms with E-state index in [2.05, 4.69) is 15.8 Å². The monoisotopic (exact) mass is 407 g/mol. The summed E-state index contributed by atoms with van der Waals surface area (Å²) in [6.45, 7) is 2.00. The number of nitrogens with zero attached hydrogens (tertiary/aromatic N) is 1. The summed E-state index contributed by atoms with van der Waals surface area (Å²) in [5, 5.41) is 1.82. The number of amides is 2. The summed E-state index contributed by atoms with van der Waals surface area (Å²) < 4.78 is 22.8. The average Bonchev–Trinajstić information content (AvgIpc) is 2.96. The first-order valence-electron chi connectivity index (χ1n) is 8.60. The van der Waals surface area contributed by atoms with Crippen LogP contribution in [-0.2, 0) is 19.4 Å². The summed E-state index contributed by atoms with van der Waals surface area (Å²) in [6.07, 6.45) is 0.588. The molecule has 0 radical (unpaired) electrons. The number of pyridine rings is 1. The van der Waals surface area contributed by atoms with Crippen LogP contribution in [0.15, 0.2) is 35.4 Å². The van der Waals surface area contributed by atoms with Gasteiger partial charge in [0.2, 0.25) is 11.8 Å². The van der Waals surface area contributed by atoms with Crippen molar-refractivity contribution in [3.8, 4) is 0 Å². The van der Waals surface area contributed by atoms with Crippen molar-refractivity contribution in [2.75, 3.05) is 17.3 Å². The molecule has 1 aliphatic heterocycles. The molecule has 2 heterocycles. The lowest BCUT2D eigenvalue weighted by Gasteiger charge is -2.10. The number of hydrogen-bond acceptors (Lipinski definition) is 6. The Balaban J connectivity index is 1.45. The second-order valence-electron chi connectivity index (χ2n) is 6.65. The van der Waals surface area contributed by atoms with Crippen molar-refractivity contribution in [3.63, 3.8) is 0 Å². The first-order valence-corrected chi connectivity index (χ1v) is 11.4. The molecule has 1 atom stereocenters. The van der Waals surface area contributed by atoms with Gasteiger partial charge in [0.15, 0.2) is 9.84 Å². The van der Waals surface area contributed by atoms with Gasteiger partial charge in [-0.3, -0.25) is 20.4 Å². The SMILES string of the molecule is Cc1cc(SCC(=O)NNC(=O)CC2CCS(=O)(=O)C2)nc2ccccc12. The molecule has 27 heavy (non-hydrogen) atoms. The molecule has 0 bridgehead atoms. The van der Waals surface area contributed by atoms with Crippen LogP contribution in [-0.4, -0.2) is 42.5 Å². The highest BCUT2D eigenvalue weighted by Gasteiger charge is 2.29. The second-order valence-corrected chi connectivity index (χ2v) is 9.88. The number of hydrazine groups is 1. The van der Waals surface area contributed by atoms with Crippen molar-refractivity contribution in [1.82, 2.24) is 15.8 Å². The van der Waals surface area contributed by atoms with E-state index in [1.54, 1.807) is 0 Å². The molecule has 7 nitrogen and oxygen atoms in total. The zero-order chi connectivity index (χ0) is 19.4. The summed E-state index contributed by atoms with van der Waals surface area (Å²) >= 11 is 1.29. The van der Waals surface area contributed by atoms with E-state index in [9.17, 15) is 18.0 Å². The Labute approximate surface area is 162 Å². The van der Waals surface area contributed by atoms with Gasteiger partial charge in [-0.15, -0.1) is 0 Å². The van der Waals surface area contributed by atoms with E-state index in [1.807, 2.05) is 37.3 Å². The van der Waals surface area contributed by atoms with Crippen molar-refractivity contribution in [1.29, 1.82) is 0 Å². The van der Waals surface area contributed by atoms with E-state index in [4.69, 9.17) is 0 Å². The number of benzene rings is 1. The number of aryl methyl sites for hydroxylation is 1. The summed E-state index contributed by atoms with van der Waals surface area (Å²) in [6, 6.07) is 9.74. The molecule has 1 fully saturated rings. The molecule has 144 valence electrons. The van der Waals surface area contributed by atoms with Crippen LogP contribution < -0.4 is 10.9 Å². The number of aromatic nitrogens is 1. The maximum atomic E-state index is 11.9. The van der Waals surface area contributed by atoms with Crippen molar-refractivity contribution in [2.45, 2.75) is 24.8 Å².